The molecule has 2 aromatic carbocycles. The lowest BCUT2D eigenvalue weighted by molar-refractivity contribution is 0.106. The van der Waals surface area contributed by atoms with Gasteiger partial charge in [-0.15, -0.1) is 0 Å². The number of aromatic nitrogens is 4. The molecule has 5 rings (SSSR count). The van der Waals surface area contributed by atoms with Gasteiger partial charge in [0, 0.05) is 35.4 Å². The van der Waals surface area contributed by atoms with Crippen molar-refractivity contribution in [1.29, 1.82) is 5.26 Å². The van der Waals surface area contributed by atoms with Crippen LogP contribution in [0.25, 0.3) is 33.8 Å². The third-order valence-electron chi connectivity index (χ3n) is 6.79. The van der Waals surface area contributed by atoms with Crippen molar-refractivity contribution in [3.63, 3.8) is 0 Å². The van der Waals surface area contributed by atoms with Crippen molar-refractivity contribution in [3.05, 3.63) is 54.4 Å². The number of rotatable bonds is 9. The van der Waals surface area contributed by atoms with E-state index >= 15 is 0 Å². The number of nitrogens with one attached hydrogen (secondary N) is 2. The van der Waals surface area contributed by atoms with Gasteiger partial charge in [-0.25, -0.2) is 15.0 Å². The van der Waals surface area contributed by atoms with Crippen molar-refractivity contribution in [2.45, 2.75) is 38.8 Å². The second-order valence-corrected chi connectivity index (χ2v) is 10.9. The van der Waals surface area contributed by atoms with Crippen LogP contribution in [0, 0.1) is 11.3 Å². The molecule has 1 atom stereocenters. The Kier molecular flexibility index (Phi) is 8.26. The number of H-pyrrole nitrogens is 1. The molecule has 3 N–H and O–H groups in total. The van der Waals surface area contributed by atoms with Crippen LogP contribution < -0.4 is 15.0 Å². The molecule has 1 saturated heterocycles. The van der Waals surface area contributed by atoms with E-state index < -0.39 is 6.10 Å². The average Bonchev–Trinajstić information content (AvgIpc) is 3.41. The Bertz CT molecular complexity index is 1480. The second kappa shape index (κ2) is 12.0. The quantitative estimate of drug-likeness (QED) is 0.288. The highest BCUT2D eigenvalue weighted by Crippen LogP contribution is 2.31. The van der Waals surface area contributed by atoms with Crippen LogP contribution in [0.2, 0.25) is 0 Å². The lowest BCUT2D eigenvalue weighted by Crippen LogP contribution is -2.38. The van der Waals surface area contributed by atoms with Gasteiger partial charge in [0.1, 0.15) is 41.3 Å². The van der Waals surface area contributed by atoms with Crippen LogP contribution in [0.5, 0.6) is 5.75 Å². The van der Waals surface area contributed by atoms with E-state index in [9.17, 15) is 10.4 Å². The minimum absolute atomic E-state index is 0.0269. The van der Waals surface area contributed by atoms with Crippen LogP contribution in [-0.2, 0) is 4.74 Å². The fraction of sp³-hybridized carbons (Fsp3) is 0.400. The Morgan fingerprint density at radius 3 is 2.58 bits per heavy atom. The van der Waals surface area contributed by atoms with Crippen molar-refractivity contribution in [3.8, 4) is 34.5 Å². The first-order valence-corrected chi connectivity index (χ1v) is 13.6. The first-order chi connectivity index (χ1) is 19.3. The third kappa shape index (κ3) is 6.39. The molecule has 0 radical (unpaired) electrons. The van der Waals surface area contributed by atoms with Gasteiger partial charge < -0.3 is 29.8 Å². The highest BCUT2D eigenvalue weighted by Gasteiger charge is 2.18. The molecule has 0 aliphatic carbocycles. The Balaban J connectivity index is 1.37. The second-order valence-electron chi connectivity index (χ2n) is 10.9. The summed E-state index contributed by atoms with van der Waals surface area (Å²) in [6, 6.07) is 15.8. The Hall–Kier alpha value is -4.04. The summed E-state index contributed by atoms with van der Waals surface area (Å²) in [5, 5.41) is 23.1. The summed E-state index contributed by atoms with van der Waals surface area (Å²) < 4.78 is 11.5. The van der Waals surface area contributed by atoms with Crippen molar-refractivity contribution in [1.82, 2.24) is 25.3 Å². The number of imidazole rings is 1. The van der Waals surface area contributed by atoms with E-state index in [0.717, 1.165) is 43.1 Å². The van der Waals surface area contributed by atoms with Gasteiger partial charge in [-0.1, -0.05) is 0 Å². The fourth-order valence-electron chi connectivity index (χ4n) is 4.67. The maximum absolute atomic E-state index is 9.87. The molecule has 40 heavy (non-hydrogen) atoms. The van der Waals surface area contributed by atoms with Crippen molar-refractivity contribution in [2.24, 2.45) is 0 Å². The monoisotopic (exact) mass is 541 g/mol. The van der Waals surface area contributed by atoms with Gasteiger partial charge >= 0.3 is 0 Å². The lowest BCUT2D eigenvalue weighted by Gasteiger charge is -2.28. The number of nitriles is 1. The van der Waals surface area contributed by atoms with Gasteiger partial charge in [0.15, 0.2) is 5.65 Å². The fourth-order valence-corrected chi connectivity index (χ4v) is 4.67. The first-order valence-electron chi connectivity index (χ1n) is 13.6. The molecule has 1 fully saturated rings. The summed E-state index contributed by atoms with van der Waals surface area (Å²) in [4.78, 5) is 19.3. The zero-order valence-electron chi connectivity index (χ0n) is 23.1. The lowest BCUT2D eigenvalue weighted by atomic mass is 10.1. The maximum atomic E-state index is 9.87. The Morgan fingerprint density at radius 2 is 1.88 bits per heavy atom. The number of aromatic amines is 1. The summed E-state index contributed by atoms with van der Waals surface area (Å²) in [5.74, 6) is 1.12. The van der Waals surface area contributed by atoms with Gasteiger partial charge in [-0.2, -0.15) is 5.26 Å². The SMILES string of the molecule is CC(C)(C)NCCC(CO)Oc1ccc(-c2ncnc3[nH]c(-c4ccc(N5CCOCC5)cc4)nc23)cc1C#N. The van der Waals surface area contributed by atoms with Gasteiger partial charge in [0.05, 0.1) is 25.4 Å². The van der Waals surface area contributed by atoms with E-state index in [2.05, 4.69) is 64.1 Å². The minimum atomic E-state index is -0.429. The average molecular weight is 542 g/mol. The molecule has 1 aliphatic heterocycles. The van der Waals surface area contributed by atoms with Crippen molar-refractivity contribution < 1.29 is 14.6 Å². The molecule has 0 spiro atoms. The molecule has 0 bridgehead atoms. The van der Waals surface area contributed by atoms with E-state index in [1.54, 1.807) is 12.1 Å². The zero-order valence-corrected chi connectivity index (χ0v) is 23.1. The van der Waals surface area contributed by atoms with Gasteiger partial charge in [0.25, 0.3) is 0 Å². The number of fused-ring (bicyclic) bond motifs is 1. The molecule has 3 heterocycles. The predicted molar refractivity (Wildman–Crippen MR) is 154 cm³/mol. The number of anilines is 1. The van der Waals surface area contributed by atoms with Crippen molar-refractivity contribution in [2.75, 3.05) is 44.4 Å². The van der Waals surface area contributed by atoms with Crippen LogP contribution >= 0.6 is 0 Å². The highest BCUT2D eigenvalue weighted by molar-refractivity contribution is 5.89. The van der Waals surface area contributed by atoms with Crippen LogP contribution in [-0.4, -0.2) is 76.1 Å². The molecule has 1 aliphatic rings. The Morgan fingerprint density at radius 1 is 1.12 bits per heavy atom. The number of hydrogen-bond donors (Lipinski definition) is 3. The van der Waals surface area contributed by atoms with E-state index in [-0.39, 0.29) is 12.1 Å². The number of morpholine rings is 1. The summed E-state index contributed by atoms with van der Waals surface area (Å²) in [6.45, 7) is 10.0. The number of aliphatic hydroxyl groups excluding tert-OH is 1. The Labute approximate surface area is 234 Å². The van der Waals surface area contributed by atoms with Crippen LogP contribution in [0.15, 0.2) is 48.8 Å². The van der Waals surface area contributed by atoms with Gasteiger partial charge in [-0.05, 0) is 76.2 Å². The zero-order chi connectivity index (χ0) is 28.1. The van der Waals surface area contributed by atoms with Crippen LogP contribution in [0.3, 0.4) is 0 Å². The number of ether oxygens (including phenoxy) is 2. The highest BCUT2D eigenvalue weighted by atomic mass is 16.5. The van der Waals surface area contributed by atoms with Gasteiger partial charge in [0.2, 0.25) is 0 Å². The summed E-state index contributed by atoms with van der Waals surface area (Å²) in [6.07, 6.45) is 1.67. The smallest absolute Gasteiger partial charge is 0.161 e. The molecular weight excluding hydrogens is 506 g/mol. The van der Waals surface area contributed by atoms with E-state index in [0.29, 0.717) is 47.0 Å². The number of nitrogens with zero attached hydrogens (tertiary/aromatic N) is 5. The summed E-state index contributed by atoms with van der Waals surface area (Å²) in [7, 11) is 0. The molecule has 4 aromatic rings. The standard InChI is InChI=1S/C30H35N7O3/c1-30(2,3)34-11-10-24(18-38)40-25-9-6-21(16-22(25)17-31)26-27-29(33-19-32-26)36-28(35-27)20-4-7-23(8-5-20)37-12-14-39-15-13-37/h4-9,16,19,24,34,38H,10-15,18H2,1-3H3,(H,32,33,35,36). The summed E-state index contributed by atoms with van der Waals surface area (Å²) in [5.41, 5.74) is 5.02. The van der Waals surface area contributed by atoms with E-state index in [4.69, 9.17) is 14.5 Å². The molecule has 2 aromatic heterocycles. The molecule has 1 unspecified atom stereocenters. The first kappa shape index (κ1) is 27.5. The molecular formula is C30H35N7O3. The number of aliphatic hydroxyl groups is 1. The molecule has 0 amide bonds. The van der Waals surface area contributed by atoms with Gasteiger partial charge in [-0.3, -0.25) is 0 Å². The third-order valence-corrected chi connectivity index (χ3v) is 6.79. The van der Waals surface area contributed by atoms with Crippen LogP contribution in [0.1, 0.15) is 32.8 Å². The molecule has 10 nitrogen and oxygen atoms in total. The number of benzene rings is 2. The maximum Gasteiger partial charge on any atom is 0.161 e. The minimum Gasteiger partial charge on any atom is -0.487 e. The van der Waals surface area contributed by atoms with Crippen LogP contribution in [0.4, 0.5) is 5.69 Å². The largest absolute Gasteiger partial charge is 0.487 e. The van der Waals surface area contributed by atoms with Crippen molar-refractivity contribution >= 4 is 16.9 Å². The molecule has 208 valence electrons. The molecule has 0 saturated carbocycles. The van der Waals surface area contributed by atoms with E-state index in [1.807, 2.05) is 18.2 Å². The predicted octanol–water partition coefficient (Wildman–Crippen LogP) is 3.91. The normalized spacial score (nSPS) is 14.7. The van der Waals surface area contributed by atoms with E-state index in [1.165, 1.54) is 6.33 Å². The summed E-state index contributed by atoms with van der Waals surface area (Å²) >= 11 is 0. The number of hydrogen-bond acceptors (Lipinski definition) is 9. The molecule has 10 heteroatoms. The topological polar surface area (TPSA) is 132 Å².